The predicted molar refractivity (Wildman–Crippen MR) is 152 cm³/mol. The Morgan fingerprint density at radius 3 is 2.38 bits per heavy atom. The number of aliphatic carboxylic acids is 1. The van der Waals surface area contributed by atoms with E-state index in [0.717, 1.165) is 59.9 Å². The Kier molecular flexibility index (Phi) is 8.28. The summed E-state index contributed by atoms with van der Waals surface area (Å²) in [6.07, 6.45) is 7.24. The molecule has 206 valence electrons. The fourth-order valence-corrected chi connectivity index (χ4v) is 5.58. The molecule has 9 heteroatoms. The molecule has 2 aromatic heterocycles. The molecule has 2 aromatic carbocycles. The van der Waals surface area contributed by atoms with Crippen LogP contribution in [0.3, 0.4) is 0 Å². The number of hydrogen-bond acceptors (Lipinski definition) is 6. The summed E-state index contributed by atoms with van der Waals surface area (Å²) in [6, 6.07) is 20.0. The van der Waals surface area contributed by atoms with Crippen molar-refractivity contribution in [1.82, 2.24) is 30.5 Å². The lowest BCUT2D eigenvalue weighted by molar-refractivity contribution is -0.163. The number of carboxylic acids is 1. The Bertz CT molecular complexity index is 1430. The van der Waals surface area contributed by atoms with Gasteiger partial charge in [0.25, 0.3) is 0 Å². The summed E-state index contributed by atoms with van der Waals surface area (Å²) in [6.45, 7) is 2.19. The molecule has 0 bridgehead atoms. The number of benzene rings is 2. The Balaban J connectivity index is 1.49. The van der Waals surface area contributed by atoms with Gasteiger partial charge in [-0.2, -0.15) is 5.21 Å². The molecule has 0 unspecified atom stereocenters. The number of carbonyl (C=O) groups is 2. The van der Waals surface area contributed by atoms with Crippen molar-refractivity contribution in [2.45, 2.75) is 70.4 Å². The minimum atomic E-state index is -1.18. The Labute approximate surface area is 233 Å². The van der Waals surface area contributed by atoms with Gasteiger partial charge in [0, 0.05) is 23.7 Å². The average molecular weight is 539 g/mol. The van der Waals surface area contributed by atoms with E-state index in [0.29, 0.717) is 30.8 Å². The maximum atomic E-state index is 13.4. The van der Waals surface area contributed by atoms with Crippen LogP contribution in [0, 0.1) is 0 Å². The van der Waals surface area contributed by atoms with E-state index in [4.69, 9.17) is 4.98 Å². The lowest BCUT2D eigenvalue weighted by Gasteiger charge is -2.43. The van der Waals surface area contributed by atoms with E-state index in [2.05, 4.69) is 38.8 Å². The Morgan fingerprint density at radius 2 is 1.73 bits per heavy atom. The fraction of sp³-hybridized carbons (Fsp3) is 0.355. The maximum absolute atomic E-state index is 13.4. The summed E-state index contributed by atoms with van der Waals surface area (Å²) in [5, 5.41) is 24.9. The van der Waals surface area contributed by atoms with Crippen LogP contribution in [0.5, 0.6) is 0 Å². The number of nitrogens with one attached hydrogen (secondary N) is 1. The molecule has 0 atom stereocenters. The second-order valence-corrected chi connectivity index (χ2v) is 10.4. The molecule has 0 radical (unpaired) electrons. The number of nitrogens with zero attached hydrogens (tertiary/aromatic N) is 5. The van der Waals surface area contributed by atoms with Gasteiger partial charge in [-0.15, -0.1) is 10.2 Å². The molecule has 1 aliphatic carbocycles. The number of unbranched alkanes of at least 4 members (excludes halogenated alkanes) is 1. The van der Waals surface area contributed by atoms with Crippen LogP contribution in [-0.4, -0.2) is 53.0 Å². The number of H-pyrrole nitrogens is 1. The molecule has 1 saturated carbocycles. The van der Waals surface area contributed by atoms with Gasteiger partial charge in [-0.05, 0) is 59.4 Å². The van der Waals surface area contributed by atoms with Gasteiger partial charge in [0.2, 0.25) is 11.7 Å². The summed E-state index contributed by atoms with van der Waals surface area (Å²) >= 11 is 0. The molecule has 40 heavy (non-hydrogen) atoms. The van der Waals surface area contributed by atoms with Crippen LogP contribution < -0.4 is 0 Å². The highest BCUT2D eigenvalue weighted by Crippen LogP contribution is 2.37. The molecular weight excluding hydrogens is 504 g/mol. The highest BCUT2D eigenvalue weighted by Gasteiger charge is 2.47. The van der Waals surface area contributed by atoms with E-state index >= 15 is 0 Å². The molecule has 1 amide bonds. The highest BCUT2D eigenvalue weighted by atomic mass is 16.4. The molecule has 0 saturated heterocycles. The van der Waals surface area contributed by atoms with Crippen molar-refractivity contribution in [3.63, 3.8) is 0 Å². The quantitative estimate of drug-likeness (QED) is 0.257. The van der Waals surface area contributed by atoms with Crippen LogP contribution in [0.2, 0.25) is 0 Å². The van der Waals surface area contributed by atoms with E-state index < -0.39 is 11.5 Å². The average Bonchev–Trinajstić information content (AvgIpc) is 3.54. The topological polar surface area (TPSA) is 125 Å². The van der Waals surface area contributed by atoms with Crippen molar-refractivity contribution < 1.29 is 14.7 Å². The molecule has 0 aliphatic heterocycles. The summed E-state index contributed by atoms with van der Waals surface area (Å²) < 4.78 is 0. The van der Waals surface area contributed by atoms with E-state index in [1.165, 1.54) is 0 Å². The number of tetrazole rings is 1. The SMILES string of the molecule is CCCCC(=O)N(Cc1ccc(-c2cc(-c3ccccc3)ccc2-c2nn[nH]n2)cn1)C1(C(=O)O)CCCCC1. The normalized spacial score (nSPS) is 14.5. The smallest absolute Gasteiger partial charge is 0.329 e. The zero-order valence-electron chi connectivity index (χ0n) is 22.7. The minimum Gasteiger partial charge on any atom is -0.479 e. The lowest BCUT2D eigenvalue weighted by atomic mass is 9.79. The zero-order valence-corrected chi connectivity index (χ0v) is 22.7. The fourth-order valence-electron chi connectivity index (χ4n) is 5.58. The van der Waals surface area contributed by atoms with Crippen molar-refractivity contribution in [1.29, 1.82) is 0 Å². The third kappa shape index (κ3) is 5.64. The van der Waals surface area contributed by atoms with Gasteiger partial charge in [0.05, 0.1) is 12.2 Å². The molecule has 5 rings (SSSR count). The number of carbonyl (C=O) groups excluding carboxylic acids is 1. The van der Waals surface area contributed by atoms with E-state index in [-0.39, 0.29) is 12.5 Å². The van der Waals surface area contributed by atoms with Crippen LogP contribution in [-0.2, 0) is 16.1 Å². The van der Waals surface area contributed by atoms with Gasteiger partial charge in [-0.25, -0.2) is 4.79 Å². The first-order chi connectivity index (χ1) is 19.5. The molecule has 1 aliphatic rings. The summed E-state index contributed by atoms with van der Waals surface area (Å²) in [5.74, 6) is -0.560. The van der Waals surface area contributed by atoms with Crippen LogP contribution in [0.15, 0.2) is 66.9 Å². The van der Waals surface area contributed by atoms with Crippen LogP contribution >= 0.6 is 0 Å². The Morgan fingerprint density at radius 1 is 0.950 bits per heavy atom. The number of amides is 1. The van der Waals surface area contributed by atoms with Gasteiger partial charge in [-0.3, -0.25) is 9.78 Å². The van der Waals surface area contributed by atoms with Crippen molar-refractivity contribution >= 4 is 11.9 Å². The monoisotopic (exact) mass is 538 g/mol. The highest BCUT2D eigenvalue weighted by molar-refractivity contribution is 5.87. The van der Waals surface area contributed by atoms with Crippen molar-refractivity contribution in [3.05, 3.63) is 72.6 Å². The number of hydrogen-bond donors (Lipinski definition) is 2. The summed E-state index contributed by atoms with van der Waals surface area (Å²) in [7, 11) is 0. The summed E-state index contributed by atoms with van der Waals surface area (Å²) in [5.41, 5.74) is 4.16. The molecule has 4 aromatic rings. The zero-order chi connectivity index (χ0) is 28.0. The number of aromatic amines is 1. The lowest BCUT2D eigenvalue weighted by Crippen LogP contribution is -2.57. The third-order valence-corrected chi connectivity index (χ3v) is 7.81. The van der Waals surface area contributed by atoms with E-state index in [1.807, 2.05) is 49.4 Å². The Hall–Kier alpha value is -4.40. The van der Waals surface area contributed by atoms with Gasteiger partial charge < -0.3 is 10.0 Å². The van der Waals surface area contributed by atoms with Crippen LogP contribution in [0.4, 0.5) is 0 Å². The first-order valence-corrected chi connectivity index (χ1v) is 13.9. The largest absolute Gasteiger partial charge is 0.479 e. The minimum absolute atomic E-state index is 0.119. The van der Waals surface area contributed by atoms with E-state index in [1.54, 1.807) is 11.1 Å². The standard InChI is InChI=1S/C31H34N6O3/c1-2-3-12-28(38)37(31(30(39)40)17-8-5-9-18-31)21-25-15-13-24(20-32-25)27-19-23(22-10-6-4-7-11-22)14-16-26(27)29-33-35-36-34-29/h4,6-7,10-11,13-16,19-20H,2-3,5,8-9,12,17-18,21H2,1H3,(H,39,40)(H,33,34,35,36). The molecular formula is C31H34N6O3. The van der Waals surface area contributed by atoms with E-state index in [9.17, 15) is 14.7 Å². The maximum Gasteiger partial charge on any atom is 0.329 e. The molecule has 0 spiro atoms. The second kappa shape index (κ2) is 12.2. The van der Waals surface area contributed by atoms with Crippen LogP contribution in [0.1, 0.15) is 64.0 Å². The molecule has 1 fully saturated rings. The first-order valence-electron chi connectivity index (χ1n) is 13.9. The number of rotatable bonds is 10. The van der Waals surface area contributed by atoms with Crippen molar-refractivity contribution in [2.24, 2.45) is 0 Å². The molecule has 2 N–H and O–H groups in total. The first kappa shape index (κ1) is 27.2. The molecule has 9 nitrogen and oxygen atoms in total. The van der Waals surface area contributed by atoms with Gasteiger partial charge in [-0.1, -0.05) is 75.1 Å². The summed E-state index contributed by atoms with van der Waals surface area (Å²) in [4.78, 5) is 32.3. The van der Waals surface area contributed by atoms with Crippen LogP contribution in [0.25, 0.3) is 33.6 Å². The van der Waals surface area contributed by atoms with Gasteiger partial charge in [0.15, 0.2) is 0 Å². The van der Waals surface area contributed by atoms with Crippen molar-refractivity contribution in [3.8, 4) is 33.6 Å². The number of pyridine rings is 1. The number of carboxylic acid groups (broad SMARTS) is 1. The van der Waals surface area contributed by atoms with Gasteiger partial charge >= 0.3 is 5.97 Å². The third-order valence-electron chi connectivity index (χ3n) is 7.81. The molecule has 2 heterocycles. The van der Waals surface area contributed by atoms with Gasteiger partial charge in [0.1, 0.15) is 5.54 Å². The number of aromatic nitrogens is 5. The van der Waals surface area contributed by atoms with Crippen molar-refractivity contribution in [2.75, 3.05) is 0 Å². The second-order valence-electron chi connectivity index (χ2n) is 10.4. The predicted octanol–water partition coefficient (Wildman–Crippen LogP) is 5.90.